The summed E-state index contributed by atoms with van der Waals surface area (Å²) >= 11 is 0. The van der Waals surface area contributed by atoms with Crippen LogP contribution in [0.15, 0.2) is 89.8 Å². The van der Waals surface area contributed by atoms with Crippen LogP contribution >= 0.6 is 0 Å². The monoisotopic (exact) mass is 339 g/mol. The van der Waals surface area contributed by atoms with Gasteiger partial charge in [0, 0.05) is 0 Å². The Hall–Kier alpha value is -2.79. The summed E-state index contributed by atoms with van der Waals surface area (Å²) in [5, 5.41) is 0. The van der Waals surface area contributed by atoms with Crippen molar-refractivity contribution in [3.63, 3.8) is 0 Å². The van der Waals surface area contributed by atoms with E-state index in [2.05, 4.69) is 4.72 Å². The molecule has 24 heavy (non-hydrogen) atoms. The van der Waals surface area contributed by atoms with E-state index in [0.717, 1.165) is 5.56 Å². The maximum atomic E-state index is 12.5. The van der Waals surface area contributed by atoms with Gasteiger partial charge in [-0.05, 0) is 29.8 Å². The smallest absolute Gasteiger partial charge is 0.262 e. The molecular weight excluding hydrogens is 322 g/mol. The molecule has 3 aromatic rings. The zero-order valence-electron chi connectivity index (χ0n) is 12.9. The number of benzene rings is 3. The summed E-state index contributed by atoms with van der Waals surface area (Å²) < 4.78 is 33.3. The molecule has 0 aromatic heterocycles. The first-order valence-corrected chi connectivity index (χ1v) is 8.97. The van der Waals surface area contributed by atoms with E-state index >= 15 is 0 Å². The molecule has 0 unspecified atom stereocenters. The van der Waals surface area contributed by atoms with Crippen molar-refractivity contribution in [1.29, 1.82) is 0 Å². The molecule has 0 saturated carbocycles. The number of sulfonamides is 1. The van der Waals surface area contributed by atoms with Gasteiger partial charge in [-0.3, -0.25) is 4.72 Å². The first-order valence-electron chi connectivity index (χ1n) is 7.49. The van der Waals surface area contributed by atoms with Crippen molar-refractivity contribution >= 4 is 15.7 Å². The van der Waals surface area contributed by atoms with E-state index in [1.807, 2.05) is 30.3 Å². The first-order chi connectivity index (χ1) is 11.6. The van der Waals surface area contributed by atoms with Gasteiger partial charge in [0.15, 0.2) is 0 Å². The van der Waals surface area contributed by atoms with Gasteiger partial charge in [0.1, 0.15) is 12.4 Å². The van der Waals surface area contributed by atoms with Gasteiger partial charge >= 0.3 is 0 Å². The van der Waals surface area contributed by atoms with Crippen LogP contribution in [0.3, 0.4) is 0 Å². The van der Waals surface area contributed by atoms with E-state index in [9.17, 15) is 8.42 Å². The molecule has 3 rings (SSSR count). The first kappa shape index (κ1) is 16.1. The lowest BCUT2D eigenvalue weighted by Crippen LogP contribution is -2.13. The topological polar surface area (TPSA) is 55.4 Å². The number of hydrogen-bond acceptors (Lipinski definition) is 3. The van der Waals surface area contributed by atoms with Crippen molar-refractivity contribution in [3.8, 4) is 5.75 Å². The summed E-state index contributed by atoms with van der Waals surface area (Å²) in [6.07, 6.45) is 0. The summed E-state index contributed by atoms with van der Waals surface area (Å²) in [6, 6.07) is 25.0. The highest BCUT2D eigenvalue weighted by Gasteiger charge is 2.15. The molecule has 5 heteroatoms. The van der Waals surface area contributed by atoms with Crippen LogP contribution in [0.25, 0.3) is 0 Å². The molecule has 1 N–H and O–H groups in total. The normalized spacial score (nSPS) is 11.0. The number of ether oxygens (including phenoxy) is 1. The fraction of sp³-hybridized carbons (Fsp3) is 0.0526. The highest BCUT2D eigenvalue weighted by Crippen LogP contribution is 2.27. The Balaban J connectivity index is 1.79. The molecular formula is C19H17NO3S. The third kappa shape index (κ3) is 3.94. The molecule has 3 aromatic carbocycles. The predicted molar refractivity (Wildman–Crippen MR) is 94.5 cm³/mol. The van der Waals surface area contributed by atoms with Gasteiger partial charge in [-0.1, -0.05) is 60.7 Å². The molecule has 0 radical (unpaired) electrons. The Bertz CT molecular complexity index is 894. The number of rotatable bonds is 6. The SMILES string of the molecule is O=S(=O)(Nc1ccccc1OCc1ccccc1)c1ccccc1. The second kappa shape index (κ2) is 7.19. The van der Waals surface area contributed by atoms with Crippen molar-refractivity contribution in [1.82, 2.24) is 0 Å². The highest BCUT2D eigenvalue weighted by atomic mass is 32.2. The molecule has 0 amide bonds. The average molecular weight is 339 g/mol. The van der Waals surface area contributed by atoms with E-state index in [0.29, 0.717) is 18.0 Å². The van der Waals surface area contributed by atoms with Crippen LogP contribution in [0, 0.1) is 0 Å². The maximum Gasteiger partial charge on any atom is 0.262 e. The molecule has 0 saturated heterocycles. The zero-order chi connectivity index (χ0) is 16.8. The third-order valence-electron chi connectivity index (χ3n) is 3.42. The lowest BCUT2D eigenvalue weighted by molar-refractivity contribution is 0.308. The average Bonchev–Trinajstić information content (AvgIpc) is 2.62. The number of para-hydroxylation sites is 2. The minimum Gasteiger partial charge on any atom is -0.487 e. The van der Waals surface area contributed by atoms with Gasteiger partial charge in [-0.2, -0.15) is 0 Å². The van der Waals surface area contributed by atoms with Crippen molar-refractivity contribution in [2.45, 2.75) is 11.5 Å². The standard InChI is InChI=1S/C19H17NO3S/c21-24(22,17-11-5-2-6-12-17)20-18-13-7-8-14-19(18)23-15-16-9-3-1-4-10-16/h1-14,20H,15H2. The Kier molecular flexibility index (Phi) is 4.82. The Morgan fingerprint density at radius 3 is 2.04 bits per heavy atom. The van der Waals surface area contributed by atoms with Gasteiger partial charge in [-0.25, -0.2) is 8.42 Å². The predicted octanol–water partition coefficient (Wildman–Crippen LogP) is 4.07. The summed E-state index contributed by atoms with van der Waals surface area (Å²) in [6.45, 7) is 0.366. The number of anilines is 1. The molecule has 0 heterocycles. The van der Waals surface area contributed by atoms with Gasteiger partial charge < -0.3 is 4.74 Å². The van der Waals surface area contributed by atoms with E-state index in [4.69, 9.17) is 4.74 Å². The van der Waals surface area contributed by atoms with Gasteiger partial charge in [0.05, 0.1) is 10.6 Å². The third-order valence-corrected chi connectivity index (χ3v) is 4.80. The summed E-state index contributed by atoms with van der Waals surface area (Å²) in [7, 11) is -3.65. The van der Waals surface area contributed by atoms with Gasteiger partial charge in [-0.15, -0.1) is 0 Å². The van der Waals surface area contributed by atoms with Crippen LogP contribution < -0.4 is 9.46 Å². The number of hydrogen-bond donors (Lipinski definition) is 1. The quantitative estimate of drug-likeness (QED) is 0.736. The minimum atomic E-state index is -3.65. The molecule has 0 atom stereocenters. The summed E-state index contributed by atoms with van der Waals surface area (Å²) in [4.78, 5) is 0.211. The minimum absolute atomic E-state index is 0.211. The lowest BCUT2D eigenvalue weighted by Gasteiger charge is -2.13. The molecule has 0 fully saturated rings. The molecule has 0 aliphatic rings. The molecule has 0 aliphatic heterocycles. The van der Waals surface area contributed by atoms with E-state index in [1.54, 1.807) is 54.6 Å². The highest BCUT2D eigenvalue weighted by molar-refractivity contribution is 7.92. The largest absolute Gasteiger partial charge is 0.487 e. The van der Waals surface area contributed by atoms with Crippen molar-refractivity contribution < 1.29 is 13.2 Å². The van der Waals surface area contributed by atoms with E-state index in [-0.39, 0.29) is 4.90 Å². The Morgan fingerprint density at radius 1 is 0.750 bits per heavy atom. The lowest BCUT2D eigenvalue weighted by atomic mass is 10.2. The van der Waals surface area contributed by atoms with Gasteiger partial charge in [0.25, 0.3) is 10.0 Å². The van der Waals surface area contributed by atoms with Crippen LogP contribution in [-0.2, 0) is 16.6 Å². The van der Waals surface area contributed by atoms with Crippen LogP contribution in [-0.4, -0.2) is 8.42 Å². The van der Waals surface area contributed by atoms with Gasteiger partial charge in [0.2, 0.25) is 0 Å². The Labute approximate surface area is 141 Å². The molecule has 0 spiro atoms. The molecule has 0 bridgehead atoms. The second-order valence-electron chi connectivity index (χ2n) is 5.19. The zero-order valence-corrected chi connectivity index (χ0v) is 13.7. The fourth-order valence-electron chi connectivity index (χ4n) is 2.22. The Morgan fingerprint density at radius 2 is 1.33 bits per heavy atom. The van der Waals surface area contributed by atoms with Crippen LogP contribution in [0.1, 0.15) is 5.56 Å². The van der Waals surface area contributed by atoms with Crippen LogP contribution in [0.4, 0.5) is 5.69 Å². The van der Waals surface area contributed by atoms with Crippen molar-refractivity contribution in [2.24, 2.45) is 0 Å². The molecule has 4 nitrogen and oxygen atoms in total. The van der Waals surface area contributed by atoms with Crippen LogP contribution in [0.2, 0.25) is 0 Å². The molecule has 0 aliphatic carbocycles. The van der Waals surface area contributed by atoms with E-state index in [1.165, 1.54) is 0 Å². The summed E-state index contributed by atoms with van der Waals surface area (Å²) in [5.74, 6) is 0.487. The van der Waals surface area contributed by atoms with Crippen LogP contribution in [0.5, 0.6) is 5.75 Å². The van der Waals surface area contributed by atoms with Crippen molar-refractivity contribution in [2.75, 3.05) is 4.72 Å². The van der Waals surface area contributed by atoms with E-state index < -0.39 is 10.0 Å². The summed E-state index contributed by atoms with van der Waals surface area (Å²) in [5.41, 5.74) is 1.43. The van der Waals surface area contributed by atoms with Crippen molar-refractivity contribution in [3.05, 3.63) is 90.5 Å². The second-order valence-corrected chi connectivity index (χ2v) is 6.87. The molecule has 122 valence electrons. The number of nitrogens with one attached hydrogen (secondary N) is 1. The fourth-order valence-corrected chi connectivity index (χ4v) is 3.31. The maximum absolute atomic E-state index is 12.5.